The zero-order valence-electron chi connectivity index (χ0n) is 16.3. The van der Waals surface area contributed by atoms with Crippen molar-refractivity contribution in [2.24, 2.45) is 0 Å². The lowest BCUT2D eigenvalue weighted by Gasteiger charge is -2.11. The van der Waals surface area contributed by atoms with E-state index in [1.165, 1.54) is 6.26 Å². The summed E-state index contributed by atoms with van der Waals surface area (Å²) < 4.78 is 5.11. The fourth-order valence-corrected chi connectivity index (χ4v) is 2.99. The molecule has 2 heterocycles. The quantitative estimate of drug-likeness (QED) is 0.452. The normalized spacial score (nSPS) is 10.6. The first-order chi connectivity index (χ1) is 14.6. The molecule has 7 heteroatoms. The number of anilines is 1. The van der Waals surface area contributed by atoms with Gasteiger partial charge in [-0.05, 0) is 53.9 Å². The number of furan rings is 1. The molecule has 0 unspecified atom stereocenters. The average molecular weight is 400 g/mol. The number of hydrogen-bond acceptors (Lipinski definition) is 4. The number of aromatic amines is 1. The van der Waals surface area contributed by atoms with Gasteiger partial charge in [-0.3, -0.25) is 14.7 Å². The van der Waals surface area contributed by atoms with Gasteiger partial charge in [-0.25, -0.2) is 0 Å². The Hall–Kier alpha value is -4.13. The predicted octanol–water partition coefficient (Wildman–Crippen LogP) is 4.16. The fourth-order valence-electron chi connectivity index (χ4n) is 2.99. The van der Waals surface area contributed by atoms with Crippen LogP contribution in [0.25, 0.3) is 11.3 Å². The van der Waals surface area contributed by atoms with Crippen molar-refractivity contribution in [1.82, 2.24) is 15.5 Å². The zero-order chi connectivity index (χ0) is 20.9. The van der Waals surface area contributed by atoms with Crippen LogP contribution in [0.2, 0.25) is 0 Å². The van der Waals surface area contributed by atoms with E-state index in [0.29, 0.717) is 17.8 Å². The third-order valence-corrected chi connectivity index (χ3v) is 4.71. The maximum Gasteiger partial charge on any atom is 0.291 e. The molecule has 0 aliphatic heterocycles. The van der Waals surface area contributed by atoms with Crippen molar-refractivity contribution in [1.29, 1.82) is 0 Å². The summed E-state index contributed by atoms with van der Waals surface area (Å²) in [4.78, 5) is 24.8. The molecule has 0 fully saturated rings. The average Bonchev–Trinajstić information content (AvgIpc) is 3.48. The van der Waals surface area contributed by atoms with Gasteiger partial charge >= 0.3 is 0 Å². The molecule has 4 rings (SSSR count). The van der Waals surface area contributed by atoms with E-state index in [2.05, 4.69) is 20.8 Å². The summed E-state index contributed by atoms with van der Waals surface area (Å²) >= 11 is 0. The first-order valence-corrected chi connectivity index (χ1v) is 9.42. The number of nitrogens with zero attached hydrogens (tertiary/aromatic N) is 1. The second-order valence-corrected chi connectivity index (χ2v) is 6.81. The van der Waals surface area contributed by atoms with E-state index < -0.39 is 0 Å². The van der Waals surface area contributed by atoms with Crippen LogP contribution in [-0.4, -0.2) is 22.0 Å². The molecule has 0 atom stereocenters. The molecule has 0 bridgehead atoms. The molecule has 2 amide bonds. The summed E-state index contributed by atoms with van der Waals surface area (Å²) in [6, 6.07) is 18.2. The molecule has 7 nitrogen and oxygen atoms in total. The van der Waals surface area contributed by atoms with Crippen LogP contribution in [0.5, 0.6) is 0 Å². The SMILES string of the molecule is Cc1ccc(C(=O)NCc2ccc(-c3ccn[nH]3)cc2)cc1NC(=O)c1ccco1. The standard InChI is InChI=1S/C23H20N4O3/c1-15-4-7-18(13-20(15)26-23(29)21-3-2-12-30-21)22(28)24-14-16-5-8-17(9-6-16)19-10-11-25-27-19/h2-13H,14H2,1H3,(H,24,28)(H,25,27)(H,26,29). The van der Waals surface area contributed by atoms with Crippen molar-refractivity contribution in [3.8, 4) is 11.3 Å². The Kier molecular flexibility index (Phi) is 5.43. The number of carbonyl (C=O) groups excluding carboxylic acids is 2. The van der Waals surface area contributed by atoms with Gasteiger partial charge in [-0.1, -0.05) is 30.3 Å². The van der Waals surface area contributed by atoms with E-state index in [1.807, 2.05) is 37.3 Å². The molecule has 150 valence electrons. The third kappa shape index (κ3) is 4.30. The maximum atomic E-state index is 12.6. The Morgan fingerprint density at radius 3 is 2.57 bits per heavy atom. The molecular formula is C23H20N4O3. The van der Waals surface area contributed by atoms with Crippen molar-refractivity contribution in [2.45, 2.75) is 13.5 Å². The lowest BCUT2D eigenvalue weighted by atomic mass is 10.1. The maximum absolute atomic E-state index is 12.6. The van der Waals surface area contributed by atoms with Gasteiger partial charge in [-0.2, -0.15) is 5.10 Å². The highest BCUT2D eigenvalue weighted by molar-refractivity contribution is 6.03. The monoisotopic (exact) mass is 400 g/mol. The van der Waals surface area contributed by atoms with Crippen LogP contribution in [0, 0.1) is 6.92 Å². The highest BCUT2D eigenvalue weighted by Crippen LogP contribution is 2.19. The largest absolute Gasteiger partial charge is 0.459 e. The number of rotatable bonds is 6. The van der Waals surface area contributed by atoms with Crippen LogP contribution in [-0.2, 0) is 6.54 Å². The fraction of sp³-hybridized carbons (Fsp3) is 0.0870. The number of nitrogens with one attached hydrogen (secondary N) is 3. The van der Waals surface area contributed by atoms with Crippen molar-refractivity contribution in [2.75, 3.05) is 5.32 Å². The molecule has 0 spiro atoms. The Labute approximate surface area is 173 Å². The second kappa shape index (κ2) is 8.48. The van der Waals surface area contributed by atoms with Crippen LogP contribution >= 0.6 is 0 Å². The molecule has 2 aromatic carbocycles. The summed E-state index contributed by atoms with van der Waals surface area (Å²) in [7, 11) is 0. The number of amides is 2. The Balaban J connectivity index is 1.40. The number of benzene rings is 2. The predicted molar refractivity (Wildman–Crippen MR) is 113 cm³/mol. The van der Waals surface area contributed by atoms with Gasteiger partial charge in [-0.15, -0.1) is 0 Å². The number of aromatic nitrogens is 2. The van der Waals surface area contributed by atoms with Crippen molar-refractivity contribution >= 4 is 17.5 Å². The highest BCUT2D eigenvalue weighted by Gasteiger charge is 2.13. The van der Waals surface area contributed by atoms with Crippen LogP contribution < -0.4 is 10.6 Å². The number of carbonyl (C=O) groups is 2. The molecule has 0 saturated carbocycles. The van der Waals surface area contributed by atoms with Crippen LogP contribution in [0.1, 0.15) is 32.0 Å². The van der Waals surface area contributed by atoms with Crippen molar-refractivity contribution in [3.63, 3.8) is 0 Å². The summed E-state index contributed by atoms with van der Waals surface area (Å²) in [5, 5.41) is 12.6. The minimum absolute atomic E-state index is 0.211. The van der Waals surface area contributed by atoms with E-state index in [9.17, 15) is 9.59 Å². The highest BCUT2D eigenvalue weighted by atomic mass is 16.3. The lowest BCUT2D eigenvalue weighted by Crippen LogP contribution is -2.23. The van der Waals surface area contributed by atoms with Crippen LogP contribution in [0.3, 0.4) is 0 Å². The van der Waals surface area contributed by atoms with E-state index in [4.69, 9.17) is 4.42 Å². The smallest absolute Gasteiger partial charge is 0.291 e. The van der Waals surface area contributed by atoms with Gasteiger partial charge in [0.2, 0.25) is 0 Å². The molecule has 0 radical (unpaired) electrons. The molecule has 4 aromatic rings. The molecule has 30 heavy (non-hydrogen) atoms. The minimum atomic E-state index is -0.363. The Bertz CT molecular complexity index is 1150. The van der Waals surface area contributed by atoms with Crippen molar-refractivity contribution < 1.29 is 14.0 Å². The Morgan fingerprint density at radius 1 is 1.03 bits per heavy atom. The summed E-state index contributed by atoms with van der Waals surface area (Å²) in [5.41, 5.74) is 4.82. The van der Waals surface area contributed by atoms with E-state index in [1.54, 1.807) is 36.5 Å². The third-order valence-electron chi connectivity index (χ3n) is 4.71. The first kappa shape index (κ1) is 19.2. The summed E-state index contributed by atoms with van der Waals surface area (Å²) in [6.45, 7) is 2.25. The number of H-pyrrole nitrogens is 1. The minimum Gasteiger partial charge on any atom is -0.459 e. The van der Waals surface area contributed by atoms with Crippen LogP contribution in [0.15, 0.2) is 77.5 Å². The molecule has 0 aliphatic rings. The lowest BCUT2D eigenvalue weighted by molar-refractivity contribution is 0.0949. The van der Waals surface area contributed by atoms with Crippen LogP contribution in [0.4, 0.5) is 5.69 Å². The van der Waals surface area contributed by atoms with Gasteiger partial charge in [0, 0.05) is 24.0 Å². The number of hydrogen-bond donors (Lipinski definition) is 3. The van der Waals surface area contributed by atoms with Gasteiger partial charge in [0.1, 0.15) is 0 Å². The molecule has 0 saturated heterocycles. The van der Waals surface area contributed by atoms with Crippen molar-refractivity contribution in [3.05, 3.63) is 95.6 Å². The van der Waals surface area contributed by atoms with Gasteiger partial charge in [0.05, 0.1) is 12.0 Å². The zero-order valence-corrected chi connectivity index (χ0v) is 16.3. The van der Waals surface area contributed by atoms with E-state index in [0.717, 1.165) is 22.4 Å². The van der Waals surface area contributed by atoms with E-state index in [-0.39, 0.29) is 17.6 Å². The summed E-state index contributed by atoms with van der Waals surface area (Å²) in [6.07, 6.45) is 3.14. The topological polar surface area (TPSA) is 100 Å². The molecular weight excluding hydrogens is 380 g/mol. The number of aryl methyl sites for hydroxylation is 1. The first-order valence-electron chi connectivity index (χ1n) is 9.42. The van der Waals surface area contributed by atoms with Gasteiger partial charge < -0.3 is 15.1 Å². The molecule has 0 aliphatic carbocycles. The summed E-state index contributed by atoms with van der Waals surface area (Å²) in [5.74, 6) is -0.373. The van der Waals surface area contributed by atoms with E-state index >= 15 is 0 Å². The van der Waals surface area contributed by atoms with Gasteiger partial charge in [0.25, 0.3) is 11.8 Å². The van der Waals surface area contributed by atoms with Gasteiger partial charge in [0.15, 0.2) is 5.76 Å². The Morgan fingerprint density at radius 2 is 1.87 bits per heavy atom. The molecule has 3 N–H and O–H groups in total. The second-order valence-electron chi connectivity index (χ2n) is 6.81. The molecule has 2 aromatic heterocycles.